The second kappa shape index (κ2) is 5.33. The summed E-state index contributed by atoms with van der Waals surface area (Å²) in [5.41, 5.74) is -1.60. The van der Waals surface area contributed by atoms with Crippen LogP contribution in [-0.4, -0.2) is 46.7 Å². The lowest BCUT2D eigenvalue weighted by atomic mass is 10.0. The van der Waals surface area contributed by atoms with Crippen LogP contribution in [0.2, 0.25) is 0 Å². The smallest absolute Gasteiger partial charge is 0.327 e. The van der Waals surface area contributed by atoms with Gasteiger partial charge in [0.25, 0.3) is 0 Å². The molecule has 0 radical (unpaired) electrons. The Morgan fingerprint density at radius 2 is 1.72 bits per heavy atom. The lowest BCUT2D eigenvalue weighted by Crippen LogP contribution is -2.26. The highest BCUT2D eigenvalue weighted by Crippen LogP contribution is 2.61. The molecule has 100 valence electrons. The Bertz CT molecular complexity index is 385. The van der Waals surface area contributed by atoms with Gasteiger partial charge in [-0.15, -0.1) is 0 Å². The van der Waals surface area contributed by atoms with Crippen LogP contribution >= 0.6 is 0 Å². The van der Waals surface area contributed by atoms with Gasteiger partial charge < -0.3 is 18.9 Å². The molecule has 0 aromatic heterocycles. The average molecular weight is 257 g/mol. The molecule has 1 rings (SSSR count). The standard InChI is InChI=1S/C11H15NO6/c1-15-8(13)6-7(9(16-2)17-3)11(6,5-12)10(14)18-4/h6-7,9H,1-4H3/t6-,7+,11?/m1/s1. The quantitative estimate of drug-likeness (QED) is 0.493. The third-order valence-corrected chi connectivity index (χ3v) is 3.19. The predicted octanol–water partition coefficient (Wildman–Crippen LogP) is -0.293. The first-order chi connectivity index (χ1) is 8.54. The highest BCUT2D eigenvalue weighted by molar-refractivity contribution is 5.94. The Morgan fingerprint density at radius 1 is 1.17 bits per heavy atom. The third kappa shape index (κ3) is 1.83. The summed E-state index contributed by atoms with van der Waals surface area (Å²) < 4.78 is 19.2. The monoisotopic (exact) mass is 257 g/mol. The van der Waals surface area contributed by atoms with E-state index in [1.165, 1.54) is 21.3 Å². The minimum atomic E-state index is -1.60. The second-order valence-electron chi connectivity index (χ2n) is 3.84. The SMILES string of the molecule is COC(=O)[C@H]1[C@@H](C(OC)OC)C1(C#N)C(=O)OC. The molecule has 7 nitrogen and oxygen atoms in total. The number of methoxy groups -OCH3 is 4. The van der Waals surface area contributed by atoms with Gasteiger partial charge in [0.1, 0.15) is 0 Å². The second-order valence-corrected chi connectivity index (χ2v) is 3.84. The van der Waals surface area contributed by atoms with E-state index in [9.17, 15) is 14.9 Å². The van der Waals surface area contributed by atoms with Crippen molar-refractivity contribution in [2.45, 2.75) is 6.29 Å². The van der Waals surface area contributed by atoms with Crippen molar-refractivity contribution in [1.82, 2.24) is 0 Å². The first-order valence-electron chi connectivity index (χ1n) is 5.18. The molecule has 0 saturated heterocycles. The Hall–Kier alpha value is -1.65. The number of ether oxygens (including phenoxy) is 4. The van der Waals surface area contributed by atoms with Crippen LogP contribution in [0, 0.1) is 28.6 Å². The van der Waals surface area contributed by atoms with E-state index in [-0.39, 0.29) is 0 Å². The maximum Gasteiger partial charge on any atom is 0.327 e. The van der Waals surface area contributed by atoms with Crippen LogP contribution in [0.15, 0.2) is 0 Å². The summed E-state index contributed by atoms with van der Waals surface area (Å²) in [4.78, 5) is 23.4. The molecule has 1 aliphatic carbocycles. The van der Waals surface area contributed by atoms with Crippen molar-refractivity contribution in [3.63, 3.8) is 0 Å². The van der Waals surface area contributed by atoms with Gasteiger partial charge in [-0.05, 0) is 0 Å². The summed E-state index contributed by atoms with van der Waals surface area (Å²) in [6.45, 7) is 0. The highest BCUT2D eigenvalue weighted by Gasteiger charge is 2.78. The van der Waals surface area contributed by atoms with E-state index in [0.717, 1.165) is 7.11 Å². The zero-order valence-electron chi connectivity index (χ0n) is 10.6. The number of rotatable bonds is 5. The van der Waals surface area contributed by atoms with E-state index >= 15 is 0 Å². The summed E-state index contributed by atoms with van der Waals surface area (Å²) in [7, 11) is 5.06. The average Bonchev–Trinajstić information content (AvgIpc) is 3.08. The lowest BCUT2D eigenvalue weighted by Gasteiger charge is -2.14. The van der Waals surface area contributed by atoms with Gasteiger partial charge in [0.15, 0.2) is 11.7 Å². The Labute approximate surface area is 105 Å². The number of nitrogens with zero attached hydrogens (tertiary/aromatic N) is 1. The van der Waals surface area contributed by atoms with E-state index in [1.54, 1.807) is 0 Å². The van der Waals surface area contributed by atoms with Crippen molar-refractivity contribution in [2.75, 3.05) is 28.4 Å². The molecule has 0 amide bonds. The van der Waals surface area contributed by atoms with Gasteiger partial charge >= 0.3 is 11.9 Å². The Kier molecular flexibility index (Phi) is 4.27. The zero-order chi connectivity index (χ0) is 13.9. The summed E-state index contributed by atoms with van der Waals surface area (Å²) in [6.07, 6.45) is -0.854. The van der Waals surface area contributed by atoms with E-state index in [2.05, 4.69) is 9.47 Å². The van der Waals surface area contributed by atoms with Crippen molar-refractivity contribution >= 4 is 11.9 Å². The number of esters is 2. The fourth-order valence-electron chi connectivity index (χ4n) is 2.26. The van der Waals surface area contributed by atoms with Gasteiger partial charge in [0, 0.05) is 14.2 Å². The number of hydrogen-bond donors (Lipinski definition) is 0. The van der Waals surface area contributed by atoms with Gasteiger partial charge in [-0.2, -0.15) is 5.26 Å². The Morgan fingerprint density at radius 3 is 2.06 bits per heavy atom. The topological polar surface area (TPSA) is 94.9 Å². The summed E-state index contributed by atoms with van der Waals surface area (Å²) in [6, 6.07) is 1.83. The van der Waals surface area contributed by atoms with E-state index in [1.807, 2.05) is 6.07 Å². The first-order valence-corrected chi connectivity index (χ1v) is 5.18. The van der Waals surface area contributed by atoms with Crippen molar-refractivity contribution < 1.29 is 28.5 Å². The summed E-state index contributed by atoms with van der Waals surface area (Å²) in [5, 5.41) is 9.21. The van der Waals surface area contributed by atoms with Crippen LogP contribution in [0.3, 0.4) is 0 Å². The normalized spacial score (nSPS) is 29.6. The third-order valence-electron chi connectivity index (χ3n) is 3.19. The van der Waals surface area contributed by atoms with Crippen LogP contribution in [0.4, 0.5) is 0 Å². The van der Waals surface area contributed by atoms with Crippen molar-refractivity contribution in [3.05, 3.63) is 0 Å². The van der Waals surface area contributed by atoms with Gasteiger partial charge in [0.05, 0.1) is 32.1 Å². The molecule has 0 spiro atoms. The fraction of sp³-hybridized carbons (Fsp3) is 0.727. The van der Waals surface area contributed by atoms with Crippen LogP contribution in [0.1, 0.15) is 0 Å². The number of carbonyl (C=O) groups is 2. The minimum absolute atomic E-state index is 0.661. The van der Waals surface area contributed by atoms with E-state index in [4.69, 9.17) is 9.47 Å². The number of hydrogen-bond acceptors (Lipinski definition) is 7. The maximum absolute atomic E-state index is 11.7. The lowest BCUT2D eigenvalue weighted by molar-refractivity contribution is -0.152. The van der Waals surface area contributed by atoms with Crippen LogP contribution in [-0.2, 0) is 28.5 Å². The number of nitriles is 1. The van der Waals surface area contributed by atoms with E-state index in [0.29, 0.717) is 0 Å². The molecule has 0 aliphatic heterocycles. The number of carbonyl (C=O) groups excluding carboxylic acids is 2. The molecule has 0 heterocycles. The van der Waals surface area contributed by atoms with Gasteiger partial charge in [-0.25, -0.2) is 0 Å². The predicted molar refractivity (Wildman–Crippen MR) is 56.9 cm³/mol. The molecule has 1 aliphatic rings. The maximum atomic E-state index is 11.7. The van der Waals surface area contributed by atoms with Crippen molar-refractivity contribution in [1.29, 1.82) is 5.26 Å². The molecule has 0 aromatic rings. The molecule has 1 saturated carbocycles. The molecule has 0 N–H and O–H groups in total. The molecular formula is C11H15NO6. The molecule has 0 aromatic carbocycles. The van der Waals surface area contributed by atoms with Crippen molar-refractivity contribution in [3.8, 4) is 6.07 Å². The van der Waals surface area contributed by atoms with E-state index < -0.39 is 35.5 Å². The van der Waals surface area contributed by atoms with Crippen molar-refractivity contribution in [2.24, 2.45) is 17.3 Å². The highest BCUT2D eigenvalue weighted by atomic mass is 16.7. The summed E-state index contributed by atoms with van der Waals surface area (Å²) >= 11 is 0. The Balaban J connectivity index is 3.12. The van der Waals surface area contributed by atoms with Crippen LogP contribution in [0.25, 0.3) is 0 Å². The van der Waals surface area contributed by atoms with Gasteiger partial charge in [0.2, 0.25) is 0 Å². The molecule has 0 bridgehead atoms. The summed E-state index contributed by atoms with van der Waals surface area (Å²) in [5.74, 6) is -3.13. The fourth-order valence-corrected chi connectivity index (χ4v) is 2.26. The van der Waals surface area contributed by atoms with Gasteiger partial charge in [-0.3, -0.25) is 9.59 Å². The van der Waals surface area contributed by atoms with Crippen LogP contribution in [0.5, 0.6) is 0 Å². The molecule has 1 unspecified atom stereocenters. The minimum Gasteiger partial charge on any atom is -0.469 e. The zero-order valence-corrected chi connectivity index (χ0v) is 10.6. The largest absolute Gasteiger partial charge is 0.469 e. The molecule has 3 atom stereocenters. The molecular weight excluding hydrogens is 242 g/mol. The van der Waals surface area contributed by atoms with Gasteiger partial charge in [-0.1, -0.05) is 0 Å². The first kappa shape index (κ1) is 14.4. The molecule has 1 fully saturated rings. The molecule has 18 heavy (non-hydrogen) atoms. The molecule has 7 heteroatoms. The van der Waals surface area contributed by atoms with Crippen LogP contribution < -0.4 is 0 Å².